The number of benzene rings is 1. The summed E-state index contributed by atoms with van der Waals surface area (Å²) < 4.78 is 1.93. The van der Waals surface area contributed by atoms with E-state index in [-0.39, 0.29) is 12.5 Å². The van der Waals surface area contributed by atoms with Gasteiger partial charge in [-0.3, -0.25) is 4.79 Å². The van der Waals surface area contributed by atoms with E-state index >= 15 is 0 Å². The molecular formula is C19H25N3O2. The van der Waals surface area contributed by atoms with Gasteiger partial charge in [-0.15, -0.1) is 0 Å². The minimum Gasteiger partial charge on any atom is -0.392 e. The topological polar surface area (TPSA) is 58.4 Å². The molecule has 1 aliphatic rings. The number of hydrogen-bond acceptors (Lipinski definition) is 3. The monoisotopic (exact) mass is 327 g/mol. The Morgan fingerprint density at radius 3 is 2.83 bits per heavy atom. The first kappa shape index (κ1) is 16.7. The molecule has 1 aromatic carbocycles. The summed E-state index contributed by atoms with van der Waals surface area (Å²) in [6.07, 6.45) is 3.74. The molecule has 5 heteroatoms. The van der Waals surface area contributed by atoms with Crippen LogP contribution in [0.25, 0.3) is 0 Å². The van der Waals surface area contributed by atoms with E-state index in [1.807, 2.05) is 35.4 Å². The molecule has 24 heavy (non-hydrogen) atoms. The number of carbonyl (C=O) groups excluding carboxylic acids is 1. The van der Waals surface area contributed by atoms with Gasteiger partial charge in [-0.05, 0) is 43.7 Å². The summed E-state index contributed by atoms with van der Waals surface area (Å²) in [5.41, 5.74) is 4.22. The van der Waals surface area contributed by atoms with E-state index in [9.17, 15) is 9.90 Å². The highest BCUT2D eigenvalue weighted by atomic mass is 16.3. The van der Waals surface area contributed by atoms with Crippen LogP contribution in [-0.4, -0.2) is 38.6 Å². The van der Waals surface area contributed by atoms with Crippen LogP contribution in [0.5, 0.6) is 0 Å². The van der Waals surface area contributed by atoms with Crippen molar-refractivity contribution >= 4 is 5.91 Å². The van der Waals surface area contributed by atoms with E-state index in [4.69, 9.17) is 0 Å². The Morgan fingerprint density at radius 2 is 2.12 bits per heavy atom. The smallest absolute Gasteiger partial charge is 0.242 e. The van der Waals surface area contributed by atoms with Gasteiger partial charge >= 0.3 is 0 Å². The highest BCUT2D eigenvalue weighted by molar-refractivity contribution is 5.76. The quantitative estimate of drug-likeness (QED) is 0.915. The zero-order valence-corrected chi connectivity index (χ0v) is 14.4. The molecular weight excluding hydrogens is 302 g/mol. The standard InChI is InChI=1S/C19H25N3O2/c1-14-15(2)22(13-20-14)11-19(24)21-7-6-17(10-21)8-16-4-3-5-18(9-16)12-23/h3-5,9,13,17,23H,6-8,10-12H2,1-2H3/t17-/m1/s1. The van der Waals surface area contributed by atoms with Crippen LogP contribution in [-0.2, 0) is 24.4 Å². The maximum Gasteiger partial charge on any atom is 0.242 e. The number of rotatable bonds is 5. The third-order valence-electron chi connectivity index (χ3n) is 4.99. The lowest BCUT2D eigenvalue weighted by Crippen LogP contribution is -2.32. The van der Waals surface area contributed by atoms with Crippen molar-refractivity contribution in [3.05, 3.63) is 53.1 Å². The summed E-state index contributed by atoms with van der Waals surface area (Å²) in [7, 11) is 0. The average molecular weight is 327 g/mol. The zero-order valence-electron chi connectivity index (χ0n) is 14.4. The number of carbonyl (C=O) groups is 1. The molecule has 1 aromatic heterocycles. The molecule has 1 saturated heterocycles. The fraction of sp³-hybridized carbons (Fsp3) is 0.474. The van der Waals surface area contributed by atoms with Crippen LogP contribution in [0.2, 0.25) is 0 Å². The SMILES string of the molecule is Cc1ncn(CC(=O)N2CC[C@H](Cc3cccc(CO)c3)C2)c1C. The third kappa shape index (κ3) is 3.67. The first-order valence-corrected chi connectivity index (χ1v) is 8.51. The summed E-state index contributed by atoms with van der Waals surface area (Å²) in [4.78, 5) is 18.7. The first-order chi connectivity index (χ1) is 11.6. The number of aliphatic hydroxyl groups excluding tert-OH is 1. The van der Waals surface area contributed by atoms with Crippen LogP contribution < -0.4 is 0 Å². The average Bonchev–Trinajstić information content (AvgIpc) is 3.17. The fourth-order valence-electron chi connectivity index (χ4n) is 3.36. The highest BCUT2D eigenvalue weighted by Gasteiger charge is 2.26. The minimum absolute atomic E-state index is 0.0762. The molecule has 0 aliphatic carbocycles. The molecule has 0 unspecified atom stereocenters. The van der Waals surface area contributed by atoms with Crippen molar-refractivity contribution in [2.45, 2.75) is 39.8 Å². The number of hydrogen-bond donors (Lipinski definition) is 1. The summed E-state index contributed by atoms with van der Waals surface area (Å²) in [5, 5.41) is 9.24. The van der Waals surface area contributed by atoms with Crippen molar-refractivity contribution in [3.8, 4) is 0 Å². The molecule has 1 fully saturated rings. The van der Waals surface area contributed by atoms with Gasteiger partial charge in [0.05, 0.1) is 18.6 Å². The van der Waals surface area contributed by atoms with Crippen molar-refractivity contribution in [1.82, 2.24) is 14.5 Å². The van der Waals surface area contributed by atoms with Crippen molar-refractivity contribution in [2.24, 2.45) is 5.92 Å². The van der Waals surface area contributed by atoms with Gasteiger partial charge in [0, 0.05) is 18.8 Å². The fourth-order valence-corrected chi connectivity index (χ4v) is 3.36. The third-order valence-corrected chi connectivity index (χ3v) is 4.99. The molecule has 1 amide bonds. The van der Waals surface area contributed by atoms with E-state index in [2.05, 4.69) is 17.1 Å². The minimum atomic E-state index is 0.0762. The lowest BCUT2D eigenvalue weighted by atomic mass is 9.97. The molecule has 0 spiro atoms. The summed E-state index contributed by atoms with van der Waals surface area (Å²) in [6.45, 7) is 6.05. The van der Waals surface area contributed by atoms with Crippen molar-refractivity contribution in [2.75, 3.05) is 13.1 Å². The molecule has 0 bridgehead atoms. The summed E-state index contributed by atoms with van der Waals surface area (Å²) in [6, 6.07) is 8.08. The summed E-state index contributed by atoms with van der Waals surface area (Å²) >= 11 is 0. The van der Waals surface area contributed by atoms with Crippen molar-refractivity contribution in [1.29, 1.82) is 0 Å². The maximum absolute atomic E-state index is 12.5. The van der Waals surface area contributed by atoms with Gasteiger partial charge in [-0.1, -0.05) is 24.3 Å². The molecule has 1 aliphatic heterocycles. The number of nitrogens with zero attached hydrogens (tertiary/aromatic N) is 3. The molecule has 2 aromatic rings. The van der Waals surface area contributed by atoms with Crippen LogP contribution >= 0.6 is 0 Å². The molecule has 2 heterocycles. The molecule has 1 N–H and O–H groups in total. The van der Waals surface area contributed by atoms with Crippen LogP contribution in [0, 0.1) is 19.8 Å². The van der Waals surface area contributed by atoms with E-state index < -0.39 is 0 Å². The van der Waals surface area contributed by atoms with E-state index in [1.54, 1.807) is 6.33 Å². The van der Waals surface area contributed by atoms with Crippen molar-refractivity contribution < 1.29 is 9.90 Å². The first-order valence-electron chi connectivity index (χ1n) is 8.51. The Morgan fingerprint density at radius 1 is 1.33 bits per heavy atom. The molecule has 3 rings (SSSR count). The largest absolute Gasteiger partial charge is 0.392 e. The van der Waals surface area contributed by atoms with Crippen LogP contribution in [0.15, 0.2) is 30.6 Å². The number of aryl methyl sites for hydroxylation is 1. The second-order valence-electron chi connectivity index (χ2n) is 6.72. The van der Waals surface area contributed by atoms with Gasteiger partial charge in [0.15, 0.2) is 0 Å². The number of amides is 1. The number of aliphatic hydroxyl groups is 1. The highest BCUT2D eigenvalue weighted by Crippen LogP contribution is 2.22. The van der Waals surface area contributed by atoms with Gasteiger partial charge in [0.1, 0.15) is 6.54 Å². The van der Waals surface area contributed by atoms with Crippen LogP contribution in [0.3, 0.4) is 0 Å². The van der Waals surface area contributed by atoms with Gasteiger partial charge in [0.2, 0.25) is 5.91 Å². The second-order valence-corrected chi connectivity index (χ2v) is 6.72. The maximum atomic E-state index is 12.5. The van der Waals surface area contributed by atoms with Gasteiger partial charge < -0.3 is 14.6 Å². The zero-order chi connectivity index (χ0) is 17.1. The Balaban J connectivity index is 1.56. The Kier molecular flexibility index (Phi) is 5.00. The lowest BCUT2D eigenvalue weighted by Gasteiger charge is -2.17. The lowest BCUT2D eigenvalue weighted by molar-refractivity contribution is -0.130. The molecule has 0 radical (unpaired) electrons. The molecule has 5 nitrogen and oxygen atoms in total. The Bertz CT molecular complexity index is 723. The van der Waals surface area contributed by atoms with E-state index in [0.717, 1.165) is 42.9 Å². The van der Waals surface area contributed by atoms with Gasteiger partial charge in [-0.2, -0.15) is 0 Å². The number of aromatic nitrogens is 2. The normalized spacial score (nSPS) is 17.5. The predicted octanol–water partition coefficient (Wildman–Crippen LogP) is 2.08. The van der Waals surface area contributed by atoms with E-state index in [0.29, 0.717) is 12.5 Å². The van der Waals surface area contributed by atoms with Crippen LogP contribution in [0.4, 0.5) is 0 Å². The van der Waals surface area contributed by atoms with Crippen LogP contribution in [0.1, 0.15) is 28.9 Å². The van der Waals surface area contributed by atoms with Gasteiger partial charge in [-0.25, -0.2) is 4.98 Å². The molecule has 0 saturated carbocycles. The Hall–Kier alpha value is -2.14. The second kappa shape index (κ2) is 7.18. The Labute approximate surface area is 142 Å². The van der Waals surface area contributed by atoms with E-state index in [1.165, 1.54) is 5.56 Å². The summed E-state index contributed by atoms with van der Waals surface area (Å²) in [5.74, 6) is 0.663. The number of imidazole rings is 1. The molecule has 128 valence electrons. The predicted molar refractivity (Wildman–Crippen MR) is 92.5 cm³/mol. The van der Waals surface area contributed by atoms with Gasteiger partial charge in [0.25, 0.3) is 0 Å². The number of likely N-dealkylation sites (tertiary alicyclic amines) is 1. The van der Waals surface area contributed by atoms with Crippen molar-refractivity contribution in [3.63, 3.8) is 0 Å². The molecule has 1 atom stereocenters.